The molecule has 0 spiro atoms. The second-order valence-electron chi connectivity index (χ2n) is 4.13. The van der Waals surface area contributed by atoms with Gasteiger partial charge in [0.2, 0.25) is 0 Å². The van der Waals surface area contributed by atoms with Crippen molar-refractivity contribution in [2.24, 2.45) is 0 Å². The SMILES string of the molecule is CN(C)CCOc1c(Br)cc(Cl)cc1C=CC(=O)O. The van der Waals surface area contributed by atoms with E-state index in [1.807, 2.05) is 19.0 Å². The lowest BCUT2D eigenvalue weighted by molar-refractivity contribution is -0.131. The van der Waals surface area contributed by atoms with Crippen LogP contribution in [0.4, 0.5) is 0 Å². The zero-order valence-electron chi connectivity index (χ0n) is 10.7. The van der Waals surface area contributed by atoms with Gasteiger partial charge in [0.25, 0.3) is 0 Å². The van der Waals surface area contributed by atoms with Crippen molar-refractivity contribution >= 4 is 39.6 Å². The fraction of sp³-hybridized carbons (Fsp3) is 0.308. The van der Waals surface area contributed by atoms with Crippen molar-refractivity contribution < 1.29 is 14.6 Å². The Morgan fingerprint density at radius 2 is 2.21 bits per heavy atom. The maximum absolute atomic E-state index is 10.6. The van der Waals surface area contributed by atoms with Crippen LogP contribution in [-0.2, 0) is 4.79 Å². The summed E-state index contributed by atoms with van der Waals surface area (Å²) in [4.78, 5) is 12.6. The highest BCUT2D eigenvalue weighted by molar-refractivity contribution is 9.10. The van der Waals surface area contributed by atoms with Gasteiger partial charge in [-0.15, -0.1) is 0 Å². The number of hydrogen-bond donors (Lipinski definition) is 1. The summed E-state index contributed by atoms with van der Waals surface area (Å²) < 4.78 is 6.37. The Morgan fingerprint density at radius 1 is 1.53 bits per heavy atom. The lowest BCUT2D eigenvalue weighted by atomic mass is 10.2. The van der Waals surface area contributed by atoms with Gasteiger partial charge in [0.05, 0.1) is 4.47 Å². The van der Waals surface area contributed by atoms with Gasteiger partial charge in [0, 0.05) is 23.2 Å². The van der Waals surface area contributed by atoms with Gasteiger partial charge in [0.15, 0.2) is 0 Å². The van der Waals surface area contributed by atoms with Crippen LogP contribution < -0.4 is 4.74 Å². The lowest BCUT2D eigenvalue weighted by Gasteiger charge is -2.14. The number of hydrogen-bond acceptors (Lipinski definition) is 3. The third-order valence-corrected chi connectivity index (χ3v) is 3.03. The number of carboxylic acids is 1. The van der Waals surface area contributed by atoms with Crippen molar-refractivity contribution in [3.63, 3.8) is 0 Å². The van der Waals surface area contributed by atoms with E-state index in [4.69, 9.17) is 21.4 Å². The summed E-state index contributed by atoms with van der Waals surface area (Å²) in [7, 11) is 3.90. The van der Waals surface area contributed by atoms with Gasteiger partial charge >= 0.3 is 5.97 Å². The van der Waals surface area contributed by atoms with E-state index in [0.29, 0.717) is 27.4 Å². The average Bonchev–Trinajstić information content (AvgIpc) is 2.28. The Kier molecular flexibility index (Phi) is 6.34. The van der Waals surface area contributed by atoms with Crippen LogP contribution in [0, 0.1) is 0 Å². The third kappa shape index (κ3) is 5.63. The second-order valence-corrected chi connectivity index (χ2v) is 5.42. The number of carboxylic acid groups (broad SMARTS) is 1. The van der Waals surface area contributed by atoms with Gasteiger partial charge in [0.1, 0.15) is 12.4 Å². The van der Waals surface area contributed by atoms with Crippen LogP contribution in [0.25, 0.3) is 6.08 Å². The summed E-state index contributed by atoms with van der Waals surface area (Å²) in [5.41, 5.74) is 0.625. The monoisotopic (exact) mass is 347 g/mol. The molecule has 0 saturated carbocycles. The van der Waals surface area contributed by atoms with E-state index in [0.717, 1.165) is 12.6 Å². The maximum Gasteiger partial charge on any atom is 0.328 e. The molecule has 0 radical (unpaired) electrons. The first-order chi connectivity index (χ1) is 8.90. The molecule has 0 aliphatic heterocycles. The number of benzene rings is 1. The number of ether oxygens (including phenoxy) is 1. The van der Waals surface area contributed by atoms with E-state index in [1.54, 1.807) is 12.1 Å². The number of likely N-dealkylation sites (N-methyl/N-ethyl adjacent to an activating group) is 1. The van der Waals surface area contributed by atoms with Gasteiger partial charge in [-0.25, -0.2) is 4.79 Å². The summed E-state index contributed by atoms with van der Waals surface area (Å²) in [6, 6.07) is 3.38. The highest BCUT2D eigenvalue weighted by atomic mass is 79.9. The van der Waals surface area contributed by atoms with E-state index in [1.165, 1.54) is 6.08 Å². The predicted molar refractivity (Wildman–Crippen MR) is 79.9 cm³/mol. The molecule has 0 aromatic heterocycles. The molecule has 0 heterocycles. The minimum atomic E-state index is -1.02. The van der Waals surface area contributed by atoms with Gasteiger partial charge in [-0.05, 0) is 48.2 Å². The van der Waals surface area contributed by atoms with E-state index < -0.39 is 5.97 Å². The quantitative estimate of drug-likeness (QED) is 0.802. The van der Waals surface area contributed by atoms with E-state index in [-0.39, 0.29) is 0 Å². The van der Waals surface area contributed by atoms with Crippen molar-refractivity contribution in [3.05, 3.63) is 33.3 Å². The molecule has 0 aliphatic rings. The smallest absolute Gasteiger partial charge is 0.328 e. The molecule has 0 fully saturated rings. The maximum atomic E-state index is 10.6. The summed E-state index contributed by atoms with van der Waals surface area (Å²) in [6.45, 7) is 1.26. The number of aliphatic carboxylic acids is 1. The molecule has 0 bridgehead atoms. The summed E-state index contributed by atoms with van der Waals surface area (Å²) in [6.07, 6.45) is 2.51. The molecule has 1 aromatic rings. The number of rotatable bonds is 6. The first-order valence-corrected chi connectivity index (χ1v) is 6.75. The number of carbonyl (C=O) groups is 1. The molecule has 19 heavy (non-hydrogen) atoms. The van der Waals surface area contributed by atoms with Crippen molar-refractivity contribution in [2.45, 2.75) is 0 Å². The molecule has 1 aromatic carbocycles. The minimum absolute atomic E-state index is 0.501. The molecule has 104 valence electrons. The molecule has 1 N–H and O–H groups in total. The molecule has 1 rings (SSSR count). The normalized spacial score (nSPS) is 11.2. The highest BCUT2D eigenvalue weighted by Crippen LogP contribution is 2.33. The van der Waals surface area contributed by atoms with Crippen LogP contribution in [0.1, 0.15) is 5.56 Å². The molecule has 0 unspecified atom stereocenters. The molecular weight excluding hydrogens is 334 g/mol. The average molecular weight is 349 g/mol. The van der Waals surface area contributed by atoms with Crippen molar-refractivity contribution in [2.75, 3.05) is 27.2 Å². The van der Waals surface area contributed by atoms with Gasteiger partial charge in [-0.2, -0.15) is 0 Å². The molecule has 0 aliphatic carbocycles. The Morgan fingerprint density at radius 3 is 2.79 bits per heavy atom. The van der Waals surface area contributed by atoms with Gasteiger partial charge in [-0.3, -0.25) is 0 Å². The Hall–Kier alpha value is -1.04. The van der Waals surface area contributed by atoms with E-state index >= 15 is 0 Å². The van der Waals surface area contributed by atoms with Crippen LogP contribution in [0.3, 0.4) is 0 Å². The zero-order chi connectivity index (χ0) is 14.4. The molecule has 6 heteroatoms. The minimum Gasteiger partial charge on any atom is -0.490 e. The van der Waals surface area contributed by atoms with Gasteiger partial charge in [-0.1, -0.05) is 11.6 Å². The van der Waals surface area contributed by atoms with Crippen LogP contribution in [0.5, 0.6) is 5.75 Å². The standard InChI is InChI=1S/C13H15BrClNO3/c1-16(2)5-6-19-13-9(3-4-12(17)18)7-10(15)8-11(13)14/h3-4,7-8H,5-6H2,1-2H3,(H,17,18). The number of halogens is 2. The lowest BCUT2D eigenvalue weighted by Crippen LogP contribution is -2.19. The van der Waals surface area contributed by atoms with E-state index in [2.05, 4.69) is 15.9 Å². The predicted octanol–water partition coefficient (Wildman–Crippen LogP) is 3.14. The first-order valence-electron chi connectivity index (χ1n) is 5.57. The highest BCUT2D eigenvalue weighted by Gasteiger charge is 2.09. The Labute approximate surface area is 125 Å². The fourth-order valence-corrected chi connectivity index (χ4v) is 2.30. The van der Waals surface area contributed by atoms with Crippen LogP contribution >= 0.6 is 27.5 Å². The number of nitrogens with zero attached hydrogens (tertiary/aromatic N) is 1. The van der Waals surface area contributed by atoms with Crippen LogP contribution in [-0.4, -0.2) is 43.2 Å². The first kappa shape index (κ1) is 16.0. The molecule has 0 atom stereocenters. The van der Waals surface area contributed by atoms with Crippen molar-refractivity contribution in [1.29, 1.82) is 0 Å². The summed E-state index contributed by atoms with van der Waals surface area (Å²) in [5.74, 6) is -0.431. The molecule has 0 amide bonds. The fourth-order valence-electron chi connectivity index (χ4n) is 1.35. The summed E-state index contributed by atoms with van der Waals surface area (Å²) >= 11 is 9.31. The molecule has 0 saturated heterocycles. The van der Waals surface area contributed by atoms with Crippen LogP contribution in [0.15, 0.2) is 22.7 Å². The topological polar surface area (TPSA) is 49.8 Å². The van der Waals surface area contributed by atoms with Crippen molar-refractivity contribution in [1.82, 2.24) is 4.90 Å². The molecule has 4 nitrogen and oxygen atoms in total. The summed E-state index contributed by atoms with van der Waals surface area (Å²) in [5, 5.41) is 9.19. The second kappa shape index (κ2) is 7.53. The third-order valence-electron chi connectivity index (χ3n) is 2.23. The Balaban J connectivity index is 2.96. The molecular formula is C13H15BrClNO3. The van der Waals surface area contributed by atoms with Crippen molar-refractivity contribution in [3.8, 4) is 5.75 Å². The van der Waals surface area contributed by atoms with E-state index in [9.17, 15) is 4.79 Å². The van der Waals surface area contributed by atoms with Crippen LogP contribution in [0.2, 0.25) is 5.02 Å². The largest absolute Gasteiger partial charge is 0.490 e. The van der Waals surface area contributed by atoms with Gasteiger partial charge < -0.3 is 14.7 Å². The zero-order valence-corrected chi connectivity index (χ0v) is 13.0. The Bertz CT molecular complexity index is 489.